The molecule has 1 fully saturated rings. The Morgan fingerprint density at radius 3 is 2.44 bits per heavy atom. The Labute approximate surface area is 112 Å². The second kappa shape index (κ2) is 4.64. The molecule has 5 nitrogen and oxygen atoms in total. The van der Waals surface area contributed by atoms with Crippen molar-refractivity contribution in [1.82, 2.24) is 0 Å². The summed E-state index contributed by atoms with van der Waals surface area (Å²) < 4.78 is 24.3. The smallest absolute Gasteiger partial charge is 0.337 e. The van der Waals surface area contributed by atoms with Crippen LogP contribution in [0.15, 0.2) is 27.6 Å². The molecule has 7 heteroatoms. The van der Waals surface area contributed by atoms with Crippen LogP contribution in [0.25, 0.3) is 0 Å². The third-order valence-electron chi connectivity index (χ3n) is 2.78. The SMILES string of the molecule is O=C(O)C(O)c1ccc(S(=O)(=O)C2CC2)c(Br)c1. The molecule has 1 aliphatic rings. The highest BCUT2D eigenvalue weighted by atomic mass is 79.9. The number of aliphatic hydroxyl groups is 1. The fraction of sp³-hybridized carbons (Fsp3) is 0.364. The van der Waals surface area contributed by atoms with Gasteiger partial charge in [0.25, 0.3) is 0 Å². The van der Waals surface area contributed by atoms with Gasteiger partial charge in [-0.2, -0.15) is 0 Å². The Morgan fingerprint density at radius 2 is 2.00 bits per heavy atom. The Kier molecular flexibility index (Phi) is 3.48. The van der Waals surface area contributed by atoms with E-state index in [0.717, 1.165) is 0 Å². The summed E-state index contributed by atoms with van der Waals surface area (Å²) in [5.41, 5.74) is 0.143. The van der Waals surface area contributed by atoms with Crippen molar-refractivity contribution in [2.45, 2.75) is 29.1 Å². The van der Waals surface area contributed by atoms with Gasteiger partial charge >= 0.3 is 5.97 Å². The highest BCUT2D eigenvalue weighted by molar-refractivity contribution is 9.10. The third kappa shape index (κ3) is 2.43. The highest BCUT2D eigenvalue weighted by Gasteiger charge is 2.38. The molecule has 0 amide bonds. The van der Waals surface area contributed by atoms with Gasteiger partial charge in [-0.3, -0.25) is 0 Å². The van der Waals surface area contributed by atoms with Crippen LogP contribution < -0.4 is 0 Å². The number of carbonyl (C=O) groups is 1. The molecule has 0 saturated heterocycles. The normalized spacial score (nSPS) is 17.4. The van der Waals surface area contributed by atoms with Crippen LogP contribution in [0.3, 0.4) is 0 Å². The van der Waals surface area contributed by atoms with Crippen LogP contribution in [0.5, 0.6) is 0 Å². The van der Waals surface area contributed by atoms with Gasteiger partial charge < -0.3 is 10.2 Å². The summed E-state index contributed by atoms with van der Waals surface area (Å²) in [7, 11) is -3.34. The molecule has 0 bridgehead atoms. The number of carboxylic acids is 1. The summed E-state index contributed by atoms with van der Waals surface area (Å²) in [5, 5.41) is 17.7. The van der Waals surface area contributed by atoms with Gasteiger partial charge in [-0.25, -0.2) is 13.2 Å². The average molecular weight is 335 g/mol. The molecule has 1 saturated carbocycles. The van der Waals surface area contributed by atoms with Crippen molar-refractivity contribution < 1.29 is 23.4 Å². The van der Waals surface area contributed by atoms with E-state index >= 15 is 0 Å². The largest absolute Gasteiger partial charge is 0.479 e. The van der Waals surface area contributed by atoms with E-state index in [-0.39, 0.29) is 20.2 Å². The van der Waals surface area contributed by atoms with Crippen LogP contribution in [-0.4, -0.2) is 29.9 Å². The van der Waals surface area contributed by atoms with E-state index in [4.69, 9.17) is 5.11 Å². The summed E-state index contributed by atoms with van der Waals surface area (Å²) in [4.78, 5) is 10.8. The van der Waals surface area contributed by atoms with E-state index in [0.29, 0.717) is 12.8 Å². The number of rotatable bonds is 4. The fourth-order valence-electron chi connectivity index (χ4n) is 1.62. The topological polar surface area (TPSA) is 91.7 Å². The minimum Gasteiger partial charge on any atom is -0.479 e. The van der Waals surface area contributed by atoms with E-state index in [9.17, 15) is 18.3 Å². The molecule has 1 aromatic rings. The summed E-state index contributed by atoms with van der Waals surface area (Å²) in [6.07, 6.45) is -0.332. The zero-order chi connectivity index (χ0) is 13.5. The number of benzene rings is 1. The van der Waals surface area contributed by atoms with Crippen LogP contribution >= 0.6 is 15.9 Å². The van der Waals surface area contributed by atoms with E-state index in [1.807, 2.05) is 0 Å². The summed E-state index contributed by atoms with van der Waals surface area (Å²) in [6.45, 7) is 0. The monoisotopic (exact) mass is 334 g/mol. The number of sulfone groups is 1. The van der Waals surface area contributed by atoms with Gasteiger partial charge in [-0.15, -0.1) is 0 Å². The lowest BCUT2D eigenvalue weighted by atomic mass is 10.1. The highest BCUT2D eigenvalue weighted by Crippen LogP contribution is 2.37. The maximum absolute atomic E-state index is 12.0. The van der Waals surface area contributed by atoms with E-state index in [2.05, 4.69) is 15.9 Å². The van der Waals surface area contributed by atoms with Crippen molar-refractivity contribution in [1.29, 1.82) is 0 Å². The average Bonchev–Trinajstić information content (AvgIpc) is 3.11. The predicted octanol–water partition coefficient (Wildman–Crippen LogP) is 1.50. The Hall–Kier alpha value is -0.920. The number of halogens is 1. The van der Waals surface area contributed by atoms with Gasteiger partial charge in [0.15, 0.2) is 15.9 Å². The summed E-state index contributed by atoms with van der Waals surface area (Å²) in [5.74, 6) is -1.38. The van der Waals surface area contributed by atoms with Gasteiger partial charge in [0.2, 0.25) is 0 Å². The molecule has 2 rings (SSSR count). The van der Waals surface area contributed by atoms with E-state index < -0.39 is 21.9 Å². The summed E-state index contributed by atoms with van der Waals surface area (Å²) in [6, 6.07) is 3.98. The van der Waals surface area contributed by atoms with Gasteiger partial charge in [-0.1, -0.05) is 6.07 Å². The fourth-order valence-corrected chi connectivity index (χ4v) is 4.40. The second-order valence-electron chi connectivity index (χ2n) is 4.18. The van der Waals surface area contributed by atoms with Gasteiger partial charge in [-0.05, 0) is 46.5 Å². The van der Waals surface area contributed by atoms with E-state index in [1.54, 1.807) is 0 Å². The van der Waals surface area contributed by atoms with Gasteiger partial charge in [0.1, 0.15) is 0 Å². The quantitative estimate of drug-likeness (QED) is 0.870. The molecule has 0 aromatic heterocycles. The molecule has 18 heavy (non-hydrogen) atoms. The van der Waals surface area contributed by atoms with Crippen molar-refractivity contribution in [2.75, 3.05) is 0 Å². The number of hydrogen-bond donors (Lipinski definition) is 2. The number of hydrogen-bond acceptors (Lipinski definition) is 4. The van der Waals surface area contributed by atoms with Gasteiger partial charge in [0.05, 0.1) is 10.1 Å². The molecular formula is C11H11BrO5S. The minimum atomic E-state index is -3.34. The number of carboxylic acid groups (broad SMARTS) is 1. The molecule has 0 heterocycles. The summed E-state index contributed by atoms with van der Waals surface area (Å²) >= 11 is 3.11. The van der Waals surface area contributed by atoms with Crippen molar-refractivity contribution >= 4 is 31.7 Å². The zero-order valence-electron chi connectivity index (χ0n) is 9.21. The predicted molar refractivity (Wildman–Crippen MR) is 66.9 cm³/mol. The van der Waals surface area contributed by atoms with Gasteiger partial charge in [0, 0.05) is 4.47 Å². The molecule has 1 atom stereocenters. The first-order valence-corrected chi connectivity index (χ1v) is 7.62. The number of aliphatic carboxylic acids is 1. The van der Waals surface area contributed by atoms with Crippen molar-refractivity contribution in [3.05, 3.63) is 28.2 Å². The second-order valence-corrected chi connectivity index (χ2v) is 7.23. The first kappa shape index (κ1) is 13.5. The zero-order valence-corrected chi connectivity index (χ0v) is 11.6. The van der Waals surface area contributed by atoms with Crippen LogP contribution in [0.1, 0.15) is 24.5 Å². The van der Waals surface area contributed by atoms with E-state index in [1.165, 1.54) is 18.2 Å². The van der Waals surface area contributed by atoms with Crippen molar-refractivity contribution in [3.8, 4) is 0 Å². The van der Waals surface area contributed by atoms with Crippen molar-refractivity contribution in [3.63, 3.8) is 0 Å². The molecule has 0 spiro atoms. The third-order valence-corrected chi connectivity index (χ3v) is 6.01. The van der Waals surface area contributed by atoms with Crippen LogP contribution in [0.2, 0.25) is 0 Å². The molecule has 1 aromatic carbocycles. The first-order chi connectivity index (χ1) is 8.34. The minimum absolute atomic E-state index is 0.143. The lowest BCUT2D eigenvalue weighted by Crippen LogP contribution is -2.12. The molecule has 98 valence electrons. The number of aliphatic hydroxyl groups excluding tert-OH is 1. The lowest BCUT2D eigenvalue weighted by molar-refractivity contribution is -0.146. The Morgan fingerprint density at radius 1 is 1.39 bits per heavy atom. The molecule has 1 aliphatic carbocycles. The molecule has 0 aliphatic heterocycles. The Balaban J connectivity index is 2.39. The van der Waals surface area contributed by atoms with Crippen LogP contribution in [-0.2, 0) is 14.6 Å². The van der Waals surface area contributed by atoms with Crippen LogP contribution in [0.4, 0.5) is 0 Å². The first-order valence-electron chi connectivity index (χ1n) is 5.28. The molecular weight excluding hydrogens is 324 g/mol. The maximum Gasteiger partial charge on any atom is 0.337 e. The molecule has 1 unspecified atom stereocenters. The van der Waals surface area contributed by atoms with Crippen molar-refractivity contribution in [2.24, 2.45) is 0 Å². The van der Waals surface area contributed by atoms with Crippen LogP contribution in [0, 0.1) is 0 Å². The standard InChI is InChI=1S/C11H11BrO5S/c12-8-5-6(10(13)11(14)15)1-4-9(8)18(16,17)7-2-3-7/h1,4-5,7,10,13H,2-3H2,(H,14,15). The molecule has 0 radical (unpaired) electrons. The Bertz CT molecular complexity index is 591. The maximum atomic E-state index is 12.0. The lowest BCUT2D eigenvalue weighted by Gasteiger charge is -2.10. The molecule has 2 N–H and O–H groups in total.